The highest BCUT2D eigenvalue weighted by Gasteiger charge is 2.06. The number of fused-ring (bicyclic) bond motifs is 1. The summed E-state index contributed by atoms with van der Waals surface area (Å²) < 4.78 is 2.55. The van der Waals surface area contributed by atoms with E-state index in [1.165, 1.54) is 27.7 Å². The van der Waals surface area contributed by atoms with Gasteiger partial charge in [0.25, 0.3) is 0 Å². The summed E-state index contributed by atoms with van der Waals surface area (Å²) in [5, 5.41) is 12.6. The largest absolute Gasteiger partial charge is 0.478 e. The van der Waals surface area contributed by atoms with Crippen molar-refractivity contribution in [2.24, 2.45) is 0 Å². The lowest BCUT2D eigenvalue weighted by molar-refractivity contribution is -0.131. The molecule has 0 spiro atoms. The van der Waals surface area contributed by atoms with Crippen molar-refractivity contribution >= 4 is 11.6 Å². The summed E-state index contributed by atoms with van der Waals surface area (Å²) in [6, 6.07) is 0. The van der Waals surface area contributed by atoms with Crippen LogP contribution < -0.4 is 5.69 Å². The average molecular weight is 234 g/mol. The van der Waals surface area contributed by atoms with Crippen LogP contribution in [0.15, 0.2) is 35.0 Å². The molecule has 2 rings (SSSR count). The van der Waals surface area contributed by atoms with E-state index in [-0.39, 0.29) is 12.2 Å². The van der Waals surface area contributed by atoms with Gasteiger partial charge in [0, 0.05) is 18.5 Å². The zero-order chi connectivity index (χ0) is 12.4. The predicted molar refractivity (Wildman–Crippen MR) is 58.6 cm³/mol. The fourth-order valence-electron chi connectivity index (χ4n) is 1.48. The first-order valence-corrected chi connectivity index (χ1v) is 4.87. The van der Waals surface area contributed by atoms with Gasteiger partial charge >= 0.3 is 11.7 Å². The third kappa shape index (κ3) is 2.22. The molecule has 0 aliphatic heterocycles. The van der Waals surface area contributed by atoms with Crippen LogP contribution in [0.4, 0.5) is 0 Å². The van der Waals surface area contributed by atoms with Crippen molar-refractivity contribution in [2.45, 2.75) is 13.5 Å². The number of carboxylic acids is 1. The number of aromatic nitrogens is 4. The lowest BCUT2D eigenvalue weighted by Gasteiger charge is -1.97. The maximum atomic E-state index is 11.8. The molecule has 2 heterocycles. The Morgan fingerprint density at radius 1 is 1.59 bits per heavy atom. The number of aliphatic carboxylic acids is 1. The Labute approximate surface area is 95.6 Å². The predicted octanol–water partition coefficient (Wildman–Crippen LogP) is -0.0781. The number of hydrogen-bond donors (Lipinski definition) is 1. The molecular weight excluding hydrogens is 224 g/mol. The zero-order valence-electron chi connectivity index (χ0n) is 9.07. The molecular formula is C10H10N4O3. The van der Waals surface area contributed by atoms with Crippen molar-refractivity contribution < 1.29 is 9.90 Å². The highest BCUT2D eigenvalue weighted by Crippen LogP contribution is 1.98. The molecule has 0 aliphatic carbocycles. The van der Waals surface area contributed by atoms with Crippen LogP contribution in [0.3, 0.4) is 0 Å². The minimum absolute atomic E-state index is 0.146. The molecule has 0 saturated heterocycles. The zero-order valence-corrected chi connectivity index (χ0v) is 9.07. The van der Waals surface area contributed by atoms with Gasteiger partial charge in [-0.15, -0.1) is 5.10 Å². The number of carboxylic acid groups (broad SMARTS) is 1. The van der Waals surface area contributed by atoms with E-state index in [2.05, 4.69) is 10.1 Å². The van der Waals surface area contributed by atoms with Crippen molar-refractivity contribution in [3.63, 3.8) is 0 Å². The lowest BCUT2D eigenvalue weighted by atomic mass is 10.3. The number of allylic oxidation sites excluding steroid dienone is 1. The van der Waals surface area contributed by atoms with Crippen LogP contribution >= 0.6 is 0 Å². The maximum absolute atomic E-state index is 11.8. The second-order valence-corrected chi connectivity index (χ2v) is 3.57. The van der Waals surface area contributed by atoms with Gasteiger partial charge in [-0.1, -0.05) is 0 Å². The molecule has 0 atom stereocenters. The van der Waals surface area contributed by atoms with Gasteiger partial charge in [0.1, 0.15) is 0 Å². The summed E-state index contributed by atoms with van der Waals surface area (Å²) in [5.74, 6) is -1.04. The molecule has 1 N–H and O–H groups in total. The average Bonchev–Trinajstić information content (AvgIpc) is 2.55. The summed E-state index contributed by atoms with van der Waals surface area (Å²) in [7, 11) is 0. The van der Waals surface area contributed by atoms with E-state index in [0.717, 1.165) is 6.08 Å². The van der Waals surface area contributed by atoms with Crippen LogP contribution in [-0.2, 0) is 11.3 Å². The monoisotopic (exact) mass is 234 g/mol. The Kier molecular flexibility index (Phi) is 2.73. The SMILES string of the molecule is CC(=CC(=O)O)Cn1nc2cnccn2c1=O. The van der Waals surface area contributed by atoms with E-state index in [1.54, 1.807) is 6.92 Å². The van der Waals surface area contributed by atoms with Gasteiger partial charge in [0.2, 0.25) is 0 Å². The smallest absolute Gasteiger partial charge is 0.350 e. The minimum atomic E-state index is -1.04. The Bertz CT molecular complexity index is 653. The summed E-state index contributed by atoms with van der Waals surface area (Å²) in [4.78, 5) is 26.1. The second-order valence-electron chi connectivity index (χ2n) is 3.57. The molecule has 2 aromatic heterocycles. The Hall–Kier alpha value is -2.44. The standard InChI is InChI=1S/C10H10N4O3/c1-7(4-9(15)16)6-14-10(17)13-3-2-11-5-8(13)12-14/h2-5H,6H2,1H3,(H,15,16). The van der Waals surface area contributed by atoms with Gasteiger partial charge < -0.3 is 5.11 Å². The maximum Gasteiger partial charge on any atom is 0.350 e. The molecule has 7 heteroatoms. The van der Waals surface area contributed by atoms with Gasteiger partial charge in [0.05, 0.1) is 12.7 Å². The fourth-order valence-corrected chi connectivity index (χ4v) is 1.48. The molecule has 88 valence electrons. The number of hydrogen-bond acceptors (Lipinski definition) is 4. The normalized spacial score (nSPS) is 11.9. The molecule has 0 amide bonds. The van der Waals surface area contributed by atoms with Crippen LogP contribution in [-0.4, -0.2) is 30.2 Å². The topological polar surface area (TPSA) is 89.5 Å². The first-order chi connectivity index (χ1) is 8.08. The Morgan fingerprint density at radius 3 is 3.00 bits per heavy atom. The highest BCUT2D eigenvalue weighted by molar-refractivity contribution is 5.80. The number of nitrogens with zero attached hydrogens (tertiary/aromatic N) is 4. The van der Waals surface area contributed by atoms with Crippen molar-refractivity contribution in [3.8, 4) is 0 Å². The van der Waals surface area contributed by atoms with Crippen LogP contribution in [0.5, 0.6) is 0 Å². The van der Waals surface area contributed by atoms with Crippen molar-refractivity contribution in [3.05, 3.63) is 40.7 Å². The number of carbonyl (C=O) groups is 1. The van der Waals surface area contributed by atoms with Gasteiger partial charge in [-0.25, -0.2) is 18.7 Å². The first kappa shape index (κ1) is 11.1. The molecule has 0 radical (unpaired) electrons. The lowest BCUT2D eigenvalue weighted by Crippen LogP contribution is -2.21. The minimum Gasteiger partial charge on any atom is -0.478 e. The van der Waals surface area contributed by atoms with Crippen molar-refractivity contribution in [1.82, 2.24) is 19.2 Å². The van der Waals surface area contributed by atoms with Crippen molar-refractivity contribution in [1.29, 1.82) is 0 Å². The molecule has 0 fully saturated rings. The molecule has 7 nitrogen and oxygen atoms in total. The van der Waals surface area contributed by atoms with E-state index in [9.17, 15) is 9.59 Å². The number of rotatable bonds is 3. The van der Waals surface area contributed by atoms with E-state index < -0.39 is 5.97 Å². The van der Waals surface area contributed by atoms with Crippen molar-refractivity contribution in [2.75, 3.05) is 0 Å². The van der Waals surface area contributed by atoms with Gasteiger partial charge in [-0.3, -0.25) is 4.98 Å². The molecule has 0 aliphatic rings. The third-order valence-corrected chi connectivity index (χ3v) is 2.16. The summed E-state index contributed by atoms with van der Waals surface area (Å²) >= 11 is 0. The van der Waals surface area contributed by atoms with Crippen LogP contribution in [0, 0.1) is 0 Å². The van der Waals surface area contributed by atoms with E-state index >= 15 is 0 Å². The Balaban J connectivity index is 2.41. The molecule has 0 aromatic carbocycles. The second kappa shape index (κ2) is 4.20. The third-order valence-electron chi connectivity index (χ3n) is 2.16. The van der Waals surface area contributed by atoms with E-state index in [0.29, 0.717) is 11.2 Å². The van der Waals surface area contributed by atoms with Crippen LogP contribution in [0.1, 0.15) is 6.92 Å². The summed E-state index contributed by atoms with van der Waals surface area (Å²) in [6.07, 6.45) is 5.51. The Morgan fingerprint density at radius 2 is 2.35 bits per heavy atom. The van der Waals surface area contributed by atoms with Gasteiger partial charge in [-0.05, 0) is 12.5 Å². The van der Waals surface area contributed by atoms with Gasteiger partial charge in [0.15, 0.2) is 5.65 Å². The molecule has 2 aromatic rings. The van der Waals surface area contributed by atoms with Crippen LogP contribution in [0.2, 0.25) is 0 Å². The first-order valence-electron chi connectivity index (χ1n) is 4.87. The molecule has 17 heavy (non-hydrogen) atoms. The summed E-state index contributed by atoms with van der Waals surface area (Å²) in [6.45, 7) is 1.77. The fraction of sp³-hybridized carbons (Fsp3) is 0.200. The summed E-state index contributed by atoms with van der Waals surface area (Å²) in [5.41, 5.74) is 0.650. The quantitative estimate of drug-likeness (QED) is 0.750. The van der Waals surface area contributed by atoms with E-state index in [1.807, 2.05) is 0 Å². The molecule has 0 unspecified atom stereocenters. The molecule has 0 saturated carbocycles. The highest BCUT2D eigenvalue weighted by atomic mass is 16.4. The van der Waals surface area contributed by atoms with Gasteiger partial charge in [-0.2, -0.15) is 0 Å². The molecule has 0 bridgehead atoms. The van der Waals surface area contributed by atoms with Crippen LogP contribution in [0.25, 0.3) is 5.65 Å². The van der Waals surface area contributed by atoms with E-state index in [4.69, 9.17) is 5.11 Å².